The molecule has 1 N–H and O–H groups in total. The van der Waals surface area contributed by atoms with Gasteiger partial charge in [0.25, 0.3) is 0 Å². The van der Waals surface area contributed by atoms with Crippen molar-refractivity contribution in [2.75, 3.05) is 13.1 Å². The van der Waals surface area contributed by atoms with Gasteiger partial charge in [-0.25, -0.2) is 0 Å². The summed E-state index contributed by atoms with van der Waals surface area (Å²) in [7, 11) is 0. The minimum atomic E-state index is -0.733. The maximum atomic E-state index is 12.0. The molecule has 1 heterocycles. The molecule has 0 unspecified atom stereocenters. The molecule has 2 aliphatic rings. The van der Waals surface area contributed by atoms with E-state index in [0.29, 0.717) is 38.3 Å². The van der Waals surface area contributed by atoms with Crippen molar-refractivity contribution in [3.63, 3.8) is 0 Å². The maximum absolute atomic E-state index is 12.0. The lowest BCUT2D eigenvalue weighted by Crippen LogP contribution is -2.45. The largest absolute Gasteiger partial charge is 0.481 e. The van der Waals surface area contributed by atoms with E-state index in [0.717, 1.165) is 0 Å². The topological polar surface area (TPSA) is 57.6 Å². The molecule has 0 aromatic carbocycles. The van der Waals surface area contributed by atoms with Crippen molar-refractivity contribution in [1.82, 2.24) is 4.90 Å². The van der Waals surface area contributed by atoms with Crippen LogP contribution in [0.4, 0.5) is 0 Å². The summed E-state index contributed by atoms with van der Waals surface area (Å²) in [6, 6.07) is 0. The third-order valence-electron chi connectivity index (χ3n) is 4.42. The highest BCUT2D eigenvalue weighted by Gasteiger charge is 2.38. The number of hydrogen-bond acceptors (Lipinski definition) is 2. The van der Waals surface area contributed by atoms with Crippen molar-refractivity contribution in [2.24, 2.45) is 11.3 Å². The summed E-state index contributed by atoms with van der Waals surface area (Å²) in [6.45, 7) is 2.99. The third-order valence-corrected chi connectivity index (χ3v) is 4.42. The van der Waals surface area contributed by atoms with E-state index in [1.165, 1.54) is 19.3 Å². The molecule has 0 spiro atoms. The minimum Gasteiger partial charge on any atom is -0.481 e. The van der Waals surface area contributed by atoms with E-state index in [4.69, 9.17) is 5.11 Å². The minimum absolute atomic E-state index is 0.224. The predicted molar refractivity (Wildman–Crippen MR) is 63.5 cm³/mol. The number of nitrogens with zero attached hydrogens (tertiary/aromatic N) is 1. The Bertz CT molecular complexity index is 315. The fraction of sp³-hybridized carbons (Fsp3) is 0.846. The monoisotopic (exact) mass is 239 g/mol. The van der Waals surface area contributed by atoms with E-state index < -0.39 is 11.4 Å². The van der Waals surface area contributed by atoms with Crippen LogP contribution in [0.1, 0.15) is 45.4 Å². The van der Waals surface area contributed by atoms with Crippen molar-refractivity contribution in [3.8, 4) is 0 Å². The van der Waals surface area contributed by atoms with Gasteiger partial charge in [0.1, 0.15) is 0 Å². The van der Waals surface area contributed by atoms with E-state index in [9.17, 15) is 9.59 Å². The molecule has 1 saturated carbocycles. The molecule has 96 valence electrons. The first-order valence-electron chi connectivity index (χ1n) is 6.52. The van der Waals surface area contributed by atoms with Crippen LogP contribution in [0.15, 0.2) is 0 Å². The van der Waals surface area contributed by atoms with E-state index in [1.54, 1.807) is 6.92 Å². The first kappa shape index (κ1) is 12.4. The second-order valence-electron chi connectivity index (χ2n) is 5.75. The van der Waals surface area contributed by atoms with Crippen LogP contribution in [0, 0.1) is 11.3 Å². The number of piperidine rings is 1. The van der Waals surface area contributed by atoms with Crippen molar-refractivity contribution >= 4 is 11.9 Å². The molecule has 1 saturated heterocycles. The number of likely N-dealkylation sites (tertiary alicyclic amines) is 1. The number of carboxylic acid groups (broad SMARTS) is 1. The van der Waals surface area contributed by atoms with Gasteiger partial charge in [-0.1, -0.05) is 6.42 Å². The number of amides is 1. The summed E-state index contributed by atoms with van der Waals surface area (Å²) >= 11 is 0. The summed E-state index contributed by atoms with van der Waals surface area (Å²) in [5.41, 5.74) is -0.632. The quantitative estimate of drug-likeness (QED) is 0.818. The van der Waals surface area contributed by atoms with Gasteiger partial charge in [0.05, 0.1) is 5.41 Å². The van der Waals surface area contributed by atoms with Crippen molar-refractivity contribution in [2.45, 2.75) is 45.4 Å². The average molecular weight is 239 g/mol. The number of carbonyl (C=O) groups excluding carboxylic acids is 1. The molecule has 1 amide bonds. The molecule has 0 aromatic rings. The lowest BCUT2D eigenvalue weighted by molar-refractivity contribution is -0.153. The Balaban J connectivity index is 1.81. The van der Waals surface area contributed by atoms with Gasteiger partial charge >= 0.3 is 5.97 Å². The second kappa shape index (κ2) is 4.67. The highest BCUT2D eigenvalue weighted by atomic mass is 16.4. The first-order chi connectivity index (χ1) is 8.01. The van der Waals surface area contributed by atoms with Gasteiger partial charge < -0.3 is 10.0 Å². The van der Waals surface area contributed by atoms with Crippen LogP contribution in [0.3, 0.4) is 0 Å². The predicted octanol–water partition coefficient (Wildman–Crippen LogP) is 1.89. The Labute approximate surface area is 102 Å². The van der Waals surface area contributed by atoms with E-state index in [1.807, 2.05) is 4.90 Å². The number of rotatable bonds is 3. The maximum Gasteiger partial charge on any atom is 0.309 e. The van der Waals surface area contributed by atoms with Crippen molar-refractivity contribution < 1.29 is 14.7 Å². The smallest absolute Gasteiger partial charge is 0.309 e. The van der Waals surface area contributed by atoms with Gasteiger partial charge in [0.15, 0.2) is 0 Å². The lowest BCUT2D eigenvalue weighted by Gasteiger charge is -2.37. The van der Waals surface area contributed by atoms with Crippen LogP contribution in [-0.2, 0) is 9.59 Å². The van der Waals surface area contributed by atoms with E-state index >= 15 is 0 Å². The third kappa shape index (κ3) is 2.61. The Kier molecular flexibility index (Phi) is 3.40. The molecule has 4 heteroatoms. The lowest BCUT2D eigenvalue weighted by atomic mass is 9.79. The molecular weight excluding hydrogens is 218 g/mol. The Hall–Kier alpha value is -1.06. The summed E-state index contributed by atoms with van der Waals surface area (Å²) in [6.07, 6.45) is 5.47. The van der Waals surface area contributed by atoms with Gasteiger partial charge in [0, 0.05) is 19.5 Å². The molecule has 1 aliphatic carbocycles. The Morgan fingerprint density at radius 3 is 2.29 bits per heavy atom. The van der Waals surface area contributed by atoms with Crippen LogP contribution in [0.2, 0.25) is 0 Å². The summed E-state index contributed by atoms with van der Waals surface area (Å²) < 4.78 is 0. The summed E-state index contributed by atoms with van der Waals surface area (Å²) in [4.78, 5) is 24.9. The fourth-order valence-electron chi connectivity index (χ4n) is 2.54. The SMILES string of the molecule is CC1(C(=O)O)CCN(C(=O)CC2CCC2)CC1. The zero-order valence-electron chi connectivity index (χ0n) is 10.4. The standard InChI is InChI=1S/C13H21NO3/c1-13(12(16)17)5-7-14(8-6-13)11(15)9-10-3-2-4-10/h10H,2-9H2,1H3,(H,16,17). The molecule has 4 nitrogen and oxygen atoms in total. The zero-order chi connectivity index (χ0) is 12.5. The second-order valence-corrected chi connectivity index (χ2v) is 5.75. The van der Waals surface area contributed by atoms with Crippen LogP contribution in [0.5, 0.6) is 0 Å². The van der Waals surface area contributed by atoms with Gasteiger partial charge in [-0.2, -0.15) is 0 Å². The van der Waals surface area contributed by atoms with Crippen molar-refractivity contribution in [3.05, 3.63) is 0 Å². The molecule has 0 radical (unpaired) electrons. The summed E-state index contributed by atoms with van der Waals surface area (Å²) in [5, 5.41) is 9.11. The fourth-order valence-corrected chi connectivity index (χ4v) is 2.54. The summed E-state index contributed by atoms with van der Waals surface area (Å²) in [5.74, 6) is 0.0843. The van der Waals surface area contributed by atoms with Gasteiger partial charge in [-0.05, 0) is 38.5 Å². The normalized spacial score (nSPS) is 24.2. The van der Waals surface area contributed by atoms with Gasteiger partial charge in [0.2, 0.25) is 5.91 Å². The zero-order valence-corrected chi connectivity index (χ0v) is 10.4. The number of carboxylic acids is 1. The van der Waals surface area contributed by atoms with E-state index in [2.05, 4.69) is 0 Å². The number of carbonyl (C=O) groups is 2. The number of hydrogen-bond donors (Lipinski definition) is 1. The molecule has 2 fully saturated rings. The molecule has 17 heavy (non-hydrogen) atoms. The molecule has 2 rings (SSSR count). The average Bonchev–Trinajstić information content (AvgIpc) is 2.24. The Morgan fingerprint density at radius 2 is 1.88 bits per heavy atom. The highest BCUT2D eigenvalue weighted by molar-refractivity contribution is 5.78. The molecule has 0 atom stereocenters. The number of aliphatic carboxylic acids is 1. The van der Waals surface area contributed by atoms with Crippen LogP contribution >= 0.6 is 0 Å². The van der Waals surface area contributed by atoms with E-state index in [-0.39, 0.29) is 5.91 Å². The van der Waals surface area contributed by atoms with Gasteiger partial charge in [-0.15, -0.1) is 0 Å². The van der Waals surface area contributed by atoms with Crippen LogP contribution in [-0.4, -0.2) is 35.0 Å². The molecule has 0 aromatic heterocycles. The Morgan fingerprint density at radius 1 is 1.29 bits per heavy atom. The molecule has 1 aliphatic heterocycles. The van der Waals surface area contributed by atoms with Gasteiger partial charge in [-0.3, -0.25) is 9.59 Å². The first-order valence-corrected chi connectivity index (χ1v) is 6.52. The van der Waals surface area contributed by atoms with Crippen LogP contribution in [0.25, 0.3) is 0 Å². The van der Waals surface area contributed by atoms with Crippen molar-refractivity contribution in [1.29, 1.82) is 0 Å². The molecule has 0 bridgehead atoms. The molecular formula is C13H21NO3. The van der Waals surface area contributed by atoms with Crippen LogP contribution < -0.4 is 0 Å². The highest BCUT2D eigenvalue weighted by Crippen LogP contribution is 2.33.